The normalized spacial score (nSPS) is 24.7. The van der Waals surface area contributed by atoms with Gasteiger partial charge in [-0.2, -0.15) is 36.4 Å². The summed E-state index contributed by atoms with van der Waals surface area (Å²) in [5, 5.41) is 12.8. The van der Waals surface area contributed by atoms with Crippen molar-refractivity contribution in [2.24, 2.45) is 29.6 Å². The second-order valence-corrected chi connectivity index (χ2v) is 14.6. The van der Waals surface area contributed by atoms with Gasteiger partial charge >= 0.3 is 18.7 Å². The molecule has 4 heterocycles. The van der Waals surface area contributed by atoms with E-state index in [1.54, 1.807) is 0 Å². The van der Waals surface area contributed by atoms with Gasteiger partial charge in [-0.25, -0.2) is 9.97 Å². The molecule has 0 bridgehead atoms. The Bertz CT molecular complexity index is 2290. The second-order valence-electron chi connectivity index (χ2n) is 13.8. The first-order chi connectivity index (χ1) is 26.9. The summed E-state index contributed by atoms with van der Waals surface area (Å²) in [5.74, 6) is -15.1. The Balaban J connectivity index is 1.32. The van der Waals surface area contributed by atoms with Crippen molar-refractivity contribution in [3.05, 3.63) is 81.1 Å². The highest BCUT2D eigenvalue weighted by molar-refractivity contribution is 6.33. The summed E-state index contributed by atoms with van der Waals surface area (Å²) < 4.78 is 126. The molecule has 308 valence electrons. The maximum absolute atomic E-state index is 14.4. The zero-order valence-electron chi connectivity index (χ0n) is 29.3. The Morgan fingerprint density at radius 2 is 1.21 bits per heavy atom. The topological polar surface area (TPSA) is 136 Å². The quantitative estimate of drug-likeness (QED) is 0.154. The van der Waals surface area contributed by atoms with E-state index in [-0.39, 0.29) is 29.0 Å². The van der Waals surface area contributed by atoms with Crippen LogP contribution in [0.15, 0.2) is 54.1 Å². The largest absolute Gasteiger partial charge is 0.573 e. The lowest BCUT2D eigenvalue weighted by Crippen LogP contribution is -2.46. The number of carbonyl (C=O) groups is 4. The third-order valence-corrected chi connectivity index (χ3v) is 11.2. The smallest absolute Gasteiger partial charge is 0.508 e. The van der Waals surface area contributed by atoms with E-state index >= 15 is 0 Å². The van der Waals surface area contributed by atoms with Gasteiger partial charge in [0.1, 0.15) is 22.9 Å². The summed E-state index contributed by atoms with van der Waals surface area (Å²) in [6.45, 7) is 0. The van der Waals surface area contributed by atoms with Gasteiger partial charge in [0.2, 0.25) is 0 Å². The lowest BCUT2D eigenvalue weighted by molar-refractivity contribution is -0.274. The highest BCUT2D eigenvalue weighted by atomic mass is 35.5. The number of fused-ring (bicyclic) bond motifs is 4. The van der Waals surface area contributed by atoms with Crippen LogP contribution in [0.2, 0.25) is 10.0 Å². The fourth-order valence-corrected chi connectivity index (χ4v) is 8.75. The van der Waals surface area contributed by atoms with E-state index in [1.165, 1.54) is 6.08 Å². The first kappa shape index (κ1) is 40.9. The summed E-state index contributed by atoms with van der Waals surface area (Å²) in [6, 6.07) is 5.24. The van der Waals surface area contributed by atoms with Crippen LogP contribution in [0.4, 0.5) is 51.1 Å². The number of hydrogen-bond donors (Lipinski definition) is 1. The Hall–Kier alpha value is -5.31. The molecule has 0 radical (unpaired) electrons. The molecule has 6 unspecified atom stereocenters. The van der Waals surface area contributed by atoms with Gasteiger partial charge in [-0.05, 0) is 61.2 Å². The minimum atomic E-state index is -5.22. The van der Waals surface area contributed by atoms with Crippen molar-refractivity contribution in [1.29, 1.82) is 0 Å². The fourth-order valence-electron chi connectivity index (χ4n) is 8.30. The van der Waals surface area contributed by atoms with E-state index in [1.807, 2.05) is 0 Å². The maximum atomic E-state index is 14.4. The predicted molar refractivity (Wildman–Crippen MR) is 181 cm³/mol. The molecule has 58 heavy (non-hydrogen) atoms. The van der Waals surface area contributed by atoms with Gasteiger partial charge in [-0.15, -0.1) is 13.2 Å². The molecule has 2 aromatic heterocycles. The van der Waals surface area contributed by atoms with Crippen molar-refractivity contribution in [1.82, 2.24) is 20.0 Å². The molecule has 1 saturated carbocycles. The van der Waals surface area contributed by atoms with Crippen molar-refractivity contribution in [2.75, 3.05) is 24.1 Å². The van der Waals surface area contributed by atoms with Crippen LogP contribution in [-0.2, 0) is 31.5 Å². The van der Waals surface area contributed by atoms with Crippen LogP contribution in [-0.4, -0.2) is 69.2 Å². The van der Waals surface area contributed by atoms with E-state index in [0.29, 0.717) is 27.2 Å². The number of imide groups is 2. The number of benzene rings is 1. The molecule has 2 aliphatic carbocycles. The van der Waals surface area contributed by atoms with Crippen molar-refractivity contribution in [3.63, 3.8) is 0 Å². The van der Waals surface area contributed by atoms with Crippen molar-refractivity contribution in [3.8, 4) is 11.5 Å². The van der Waals surface area contributed by atoms with Gasteiger partial charge in [-0.1, -0.05) is 34.9 Å². The molecule has 2 saturated heterocycles. The summed E-state index contributed by atoms with van der Waals surface area (Å²) >= 11 is 12.3. The third-order valence-electron chi connectivity index (χ3n) is 10.6. The number of hydrogen-bond acceptors (Lipinski definition) is 10. The molecule has 3 fully saturated rings. The monoisotopic (exact) mass is 866 g/mol. The Kier molecular flexibility index (Phi) is 9.81. The number of aromatic hydroxyl groups is 1. The van der Waals surface area contributed by atoms with Crippen LogP contribution < -0.4 is 14.8 Å². The number of halogens is 11. The van der Waals surface area contributed by atoms with E-state index < -0.39 is 117 Å². The number of phenols is 1. The summed E-state index contributed by atoms with van der Waals surface area (Å²) in [6.07, 6.45) is -14.3. The van der Waals surface area contributed by atoms with Crippen LogP contribution in [0.1, 0.15) is 35.7 Å². The van der Waals surface area contributed by atoms with Crippen molar-refractivity contribution < 1.29 is 68.5 Å². The first-order valence-electron chi connectivity index (χ1n) is 16.9. The third kappa shape index (κ3) is 6.80. The lowest BCUT2D eigenvalue weighted by Gasteiger charge is -2.44. The van der Waals surface area contributed by atoms with E-state index in [9.17, 15) is 63.8 Å². The number of carbonyl (C=O) groups excluding carboxylic acids is 4. The Morgan fingerprint density at radius 3 is 1.71 bits per heavy atom. The van der Waals surface area contributed by atoms with Gasteiger partial charge in [0.05, 0.1) is 33.7 Å². The number of pyridine rings is 2. The Morgan fingerprint density at radius 1 is 0.707 bits per heavy atom. The van der Waals surface area contributed by atoms with Gasteiger partial charge in [-0.3, -0.25) is 29.2 Å². The van der Waals surface area contributed by atoms with E-state index in [0.717, 1.165) is 49.4 Å². The maximum Gasteiger partial charge on any atom is 0.573 e. The predicted octanol–water partition coefficient (Wildman–Crippen LogP) is 7.16. The van der Waals surface area contributed by atoms with Crippen LogP contribution in [0.25, 0.3) is 0 Å². The number of phenolic OH excluding ortho intramolecular Hbond substituents is 1. The first-order valence-corrected chi connectivity index (χ1v) is 17.6. The number of alkyl halides is 9. The van der Waals surface area contributed by atoms with Crippen LogP contribution >= 0.6 is 23.2 Å². The zero-order valence-corrected chi connectivity index (χ0v) is 30.8. The summed E-state index contributed by atoms with van der Waals surface area (Å²) in [7, 11) is 2.09. The zero-order chi connectivity index (χ0) is 42.5. The average molecular weight is 868 g/mol. The number of nitrogens with zero attached hydrogens (tertiary/aromatic N) is 6. The van der Waals surface area contributed by atoms with Gasteiger partial charge in [0.15, 0.2) is 11.6 Å². The molecular weight excluding hydrogens is 842 g/mol. The molecular formula is C35H25Cl2F9N6O6. The average Bonchev–Trinajstić information content (AvgIpc) is 3.53. The number of allylic oxidation sites excluding steroid dienone is 2. The molecule has 2 aliphatic heterocycles. The van der Waals surface area contributed by atoms with Crippen LogP contribution in [0.3, 0.4) is 0 Å². The number of anilines is 2. The fraction of sp³-hybridized carbons (Fsp3) is 0.371. The minimum Gasteiger partial charge on any atom is -0.508 e. The minimum absolute atomic E-state index is 0.142. The van der Waals surface area contributed by atoms with Crippen molar-refractivity contribution in [2.45, 2.75) is 37.5 Å². The molecule has 3 aromatic rings. The molecule has 4 amide bonds. The number of ether oxygens (including phenoxy) is 1. The highest BCUT2D eigenvalue weighted by Crippen LogP contribution is 2.59. The molecule has 1 aromatic carbocycles. The second kappa shape index (κ2) is 13.9. The van der Waals surface area contributed by atoms with Crippen LogP contribution in [0.5, 0.6) is 11.5 Å². The number of rotatable bonds is 6. The number of amides is 4. The molecule has 7 rings (SSSR count). The van der Waals surface area contributed by atoms with Crippen molar-refractivity contribution >= 4 is 58.5 Å². The lowest BCUT2D eigenvalue weighted by atomic mass is 9.57. The Labute approximate surface area is 330 Å². The highest BCUT2D eigenvalue weighted by Gasteiger charge is 2.64. The molecule has 1 N–H and O–H groups in total. The SMILES string of the molecule is CN(c1nc(C(F)(F)F)ccc1Cl)N1C(=O)C2CC=C3C(CC4C(=O)N(N(C)c5nc(C(F)(F)F)ccc5Cl)C(=O)C4C3c3cc(OC(F)(F)F)ccc3O)C2C1=O. The van der Waals surface area contributed by atoms with E-state index in [4.69, 9.17) is 23.2 Å². The number of hydrazine groups is 2. The van der Waals surface area contributed by atoms with Gasteiger partial charge in [0.25, 0.3) is 23.6 Å². The summed E-state index contributed by atoms with van der Waals surface area (Å²) in [5.41, 5.74) is -3.04. The molecule has 0 spiro atoms. The molecule has 4 aliphatic rings. The van der Waals surface area contributed by atoms with Crippen LogP contribution in [0, 0.1) is 29.6 Å². The standard InChI is InChI=1S/C35H25Cl2F9N6O6/c1-49(27-19(36)6-9-22(47-27)33(38,39)40)51-29(54)15-5-4-14-16(25(15)31(51)56)12-18-26(24(14)17-11-13(3-8-21(17)53)58-35(44,45)46)32(57)52(30(18)55)50(2)28-20(37)7-10-23(48-28)34(41,42)43/h3-4,6-11,15-16,18,24-26,53H,5,12H2,1-2H3. The van der Waals surface area contributed by atoms with Gasteiger partial charge < -0.3 is 9.84 Å². The number of aromatic nitrogens is 2. The summed E-state index contributed by atoms with van der Waals surface area (Å²) in [4.78, 5) is 64.0. The molecule has 23 heteroatoms. The molecule has 12 nitrogen and oxygen atoms in total. The molecule has 6 atom stereocenters. The van der Waals surface area contributed by atoms with Gasteiger partial charge in [0, 0.05) is 25.6 Å². The van der Waals surface area contributed by atoms with E-state index in [2.05, 4.69) is 14.7 Å².